The minimum absolute atomic E-state index is 0.197. The first-order chi connectivity index (χ1) is 16.2. The maximum atomic E-state index is 12.5. The first kappa shape index (κ1) is 21.5. The van der Waals surface area contributed by atoms with Crippen molar-refractivity contribution in [2.75, 3.05) is 30.3 Å². The van der Waals surface area contributed by atoms with Gasteiger partial charge in [-0.25, -0.2) is 14.6 Å². The number of piperidine rings is 1. The van der Waals surface area contributed by atoms with E-state index in [4.69, 9.17) is 18.9 Å². The normalized spacial score (nSPS) is 14.2. The molecule has 1 amide bonds. The summed E-state index contributed by atoms with van der Waals surface area (Å²) in [4.78, 5) is 24.4. The lowest BCUT2D eigenvalue weighted by Crippen LogP contribution is -2.30. The molecule has 0 spiro atoms. The number of hydrogen-bond donors (Lipinski definition) is 1. The third-order valence-corrected chi connectivity index (χ3v) is 6.23. The van der Waals surface area contributed by atoms with Gasteiger partial charge in [-0.3, -0.25) is 4.79 Å². The zero-order chi connectivity index (χ0) is 22.6. The summed E-state index contributed by atoms with van der Waals surface area (Å²) >= 11 is 1.62. The van der Waals surface area contributed by atoms with Crippen LogP contribution in [0.4, 0.5) is 5.82 Å². The zero-order valence-electron chi connectivity index (χ0n) is 18.4. The number of rotatable bonds is 8. The van der Waals surface area contributed by atoms with Gasteiger partial charge in [0, 0.05) is 25.7 Å². The van der Waals surface area contributed by atoms with Crippen molar-refractivity contribution >= 4 is 34.5 Å². The Balaban J connectivity index is 1.30. The number of thioether (sulfide) groups is 1. The number of carbonyl (C=O) groups excluding carboxylic acids is 1. The zero-order valence-corrected chi connectivity index (χ0v) is 19.2. The average Bonchev–Trinajstić information content (AvgIpc) is 3.60. The Morgan fingerprint density at radius 3 is 2.88 bits per heavy atom. The van der Waals surface area contributed by atoms with Crippen molar-refractivity contribution in [1.82, 2.24) is 30.2 Å². The van der Waals surface area contributed by atoms with Gasteiger partial charge in [-0.15, -0.1) is 0 Å². The fourth-order valence-corrected chi connectivity index (χ4v) is 4.47. The monoisotopic (exact) mass is 467 g/mol. The van der Waals surface area contributed by atoms with Crippen LogP contribution < -0.4 is 10.2 Å². The minimum Gasteiger partial charge on any atom is -0.461 e. The molecule has 10 nitrogen and oxygen atoms in total. The molecule has 4 aromatic heterocycles. The molecule has 0 atom stereocenters. The van der Waals surface area contributed by atoms with Crippen LogP contribution in [0.2, 0.25) is 0 Å². The molecule has 11 heteroatoms. The summed E-state index contributed by atoms with van der Waals surface area (Å²) in [5.41, 5.74) is 0.986. The van der Waals surface area contributed by atoms with E-state index in [1.165, 1.54) is 25.5 Å². The summed E-state index contributed by atoms with van der Waals surface area (Å²) in [7, 11) is 0. The predicted molar refractivity (Wildman–Crippen MR) is 124 cm³/mol. The molecule has 0 radical (unpaired) electrons. The van der Waals surface area contributed by atoms with Crippen LogP contribution in [0, 0.1) is 0 Å². The molecule has 1 N–H and O–H groups in total. The Bertz CT molecular complexity index is 1230. The molecule has 5 rings (SSSR count). The molecule has 0 bridgehead atoms. The van der Waals surface area contributed by atoms with E-state index in [0.29, 0.717) is 24.6 Å². The van der Waals surface area contributed by atoms with Crippen molar-refractivity contribution in [3.05, 3.63) is 36.4 Å². The van der Waals surface area contributed by atoms with Crippen molar-refractivity contribution in [2.24, 2.45) is 0 Å². The topological polar surface area (TPSA) is 115 Å². The molecule has 1 fully saturated rings. The molecular weight excluding hydrogens is 442 g/mol. The minimum atomic E-state index is -0.320. The van der Waals surface area contributed by atoms with E-state index in [0.717, 1.165) is 40.9 Å². The number of aromatic nitrogens is 5. The lowest BCUT2D eigenvalue weighted by molar-refractivity contribution is 0.0943. The Hall–Kier alpha value is -3.34. The molecule has 0 aliphatic carbocycles. The predicted octanol–water partition coefficient (Wildman–Crippen LogP) is 3.61. The Labute approximate surface area is 194 Å². The van der Waals surface area contributed by atoms with Crippen LogP contribution in [-0.2, 0) is 6.54 Å². The van der Waals surface area contributed by atoms with Gasteiger partial charge >= 0.3 is 0 Å². The summed E-state index contributed by atoms with van der Waals surface area (Å²) in [6, 6.07) is 5.05. The number of amides is 1. The highest BCUT2D eigenvalue weighted by molar-refractivity contribution is 7.99. The van der Waals surface area contributed by atoms with Crippen LogP contribution >= 0.6 is 11.8 Å². The van der Waals surface area contributed by atoms with E-state index in [-0.39, 0.29) is 11.6 Å². The molecule has 4 aromatic rings. The van der Waals surface area contributed by atoms with Crippen LogP contribution in [0.3, 0.4) is 0 Å². The second-order valence-electron chi connectivity index (χ2n) is 7.73. The van der Waals surface area contributed by atoms with E-state index < -0.39 is 0 Å². The Morgan fingerprint density at radius 1 is 1.21 bits per heavy atom. The number of furan rings is 1. The van der Waals surface area contributed by atoms with Crippen molar-refractivity contribution in [3.63, 3.8) is 0 Å². The molecule has 1 aliphatic rings. The van der Waals surface area contributed by atoms with Crippen LogP contribution in [-0.4, -0.2) is 56.2 Å². The van der Waals surface area contributed by atoms with E-state index in [9.17, 15) is 4.79 Å². The fraction of sp³-hybridized carbons (Fsp3) is 0.409. The summed E-state index contributed by atoms with van der Waals surface area (Å²) < 4.78 is 12.3. The quantitative estimate of drug-likeness (QED) is 0.306. The fourth-order valence-electron chi connectivity index (χ4n) is 3.91. The number of nitrogens with one attached hydrogen (secondary N) is 1. The number of fused-ring (bicyclic) bond motifs is 1. The molecule has 1 aliphatic heterocycles. The highest BCUT2D eigenvalue weighted by Crippen LogP contribution is 2.29. The van der Waals surface area contributed by atoms with Gasteiger partial charge in [-0.1, -0.05) is 23.8 Å². The maximum absolute atomic E-state index is 12.5. The lowest BCUT2D eigenvalue weighted by Gasteiger charge is -2.28. The maximum Gasteiger partial charge on any atom is 0.273 e. The molecule has 1 saturated heterocycles. The third-order valence-electron chi connectivity index (χ3n) is 5.50. The average molecular weight is 468 g/mol. The Kier molecular flexibility index (Phi) is 6.29. The molecule has 0 aromatic carbocycles. The van der Waals surface area contributed by atoms with Gasteiger partial charge in [0.15, 0.2) is 22.3 Å². The largest absolute Gasteiger partial charge is 0.461 e. The van der Waals surface area contributed by atoms with Crippen molar-refractivity contribution in [1.29, 1.82) is 0 Å². The Morgan fingerprint density at radius 2 is 2.09 bits per heavy atom. The van der Waals surface area contributed by atoms with Crippen LogP contribution in [0.25, 0.3) is 22.6 Å². The molecule has 0 saturated carbocycles. The van der Waals surface area contributed by atoms with E-state index >= 15 is 0 Å². The van der Waals surface area contributed by atoms with Gasteiger partial charge in [0.25, 0.3) is 5.91 Å². The van der Waals surface area contributed by atoms with Crippen molar-refractivity contribution in [2.45, 2.75) is 37.9 Å². The van der Waals surface area contributed by atoms with Crippen molar-refractivity contribution in [3.8, 4) is 11.5 Å². The number of carbonyl (C=O) groups is 1. The van der Waals surface area contributed by atoms with Gasteiger partial charge in [-0.2, -0.15) is 5.10 Å². The highest BCUT2D eigenvalue weighted by Gasteiger charge is 2.20. The number of hydrogen-bond acceptors (Lipinski definition) is 9. The van der Waals surface area contributed by atoms with Crippen LogP contribution in [0.15, 0.2) is 44.8 Å². The van der Waals surface area contributed by atoms with E-state index in [1.54, 1.807) is 30.0 Å². The van der Waals surface area contributed by atoms with Gasteiger partial charge in [0.1, 0.15) is 5.82 Å². The number of nitrogens with zero attached hydrogens (tertiary/aromatic N) is 6. The van der Waals surface area contributed by atoms with Gasteiger partial charge in [0.05, 0.1) is 24.4 Å². The molecular formula is C22H25N7O3S. The molecule has 0 unspecified atom stereocenters. The summed E-state index contributed by atoms with van der Waals surface area (Å²) in [6.45, 7) is 4.94. The third kappa shape index (κ3) is 4.58. The second-order valence-corrected chi connectivity index (χ2v) is 8.96. The second kappa shape index (κ2) is 9.65. The smallest absolute Gasteiger partial charge is 0.273 e. The van der Waals surface area contributed by atoms with E-state index in [2.05, 4.69) is 27.4 Å². The highest BCUT2D eigenvalue weighted by atomic mass is 32.2. The first-order valence-electron chi connectivity index (χ1n) is 11.1. The summed E-state index contributed by atoms with van der Waals surface area (Å²) in [6.07, 6.45) is 6.97. The standard InChI is InChI=1S/C22H25N7O3S/c1-2-33-22-25-19(28-9-4-3-5-10-28)15-14-24-29(20(15)26-22)11-8-23-21(30)16-13-18(32-27-16)17-7-6-12-31-17/h6-7,12-14H,2-5,8-11H2,1H3,(H,23,30). The van der Waals surface area contributed by atoms with Crippen LogP contribution in [0.5, 0.6) is 0 Å². The first-order valence-corrected chi connectivity index (χ1v) is 12.1. The number of anilines is 1. The summed E-state index contributed by atoms with van der Waals surface area (Å²) in [5, 5.41) is 12.9. The van der Waals surface area contributed by atoms with Gasteiger partial charge < -0.3 is 19.2 Å². The lowest BCUT2D eigenvalue weighted by atomic mass is 10.1. The van der Waals surface area contributed by atoms with Gasteiger partial charge in [0.2, 0.25) is 5.76 Å². The molecule has 172 valence electrons. The van der Waals surface area contributed by atoms with Crippen molar-refractivity contribution < 1.29 is 13.7 Å². The molecule has 5 heterocycles. The van der Waals surface area contributed by atoms with Gasteiger partial charge in [-0.05, 0) is 37.1 Å². The SMILES string of the molecule is CCSc1nc(N2CCCCC2)c2cnn(CCNC(=O)c3cc(-c4ccco4)on3)c2n1. The van der Waals surface area contributed by atoms with E-state index in [1.807, 2.05) is 10.9 Å². The van der Waals surface area contributed by atoms with Crippen LogP contribution in [0.1, 0.15) is 36.7 Å². The summed E-state index contributed by atoms with van der Waals surface area (Å²) in [5.74, 6) is 2.46. The molecule has 33 heavy (non-hydrogen) atoms.